The molecule has 0 aliphatic heterocycles. The van der Waals surface area contributed by atoms with E-state index in [1.807, 2.05) is 0 Å². The molecule has 0 aliphatic rings. The van der Waals surface area contributed by atoms with Gasteiger partial charge >= 0.3 is 0 Å². The molecule has 0 amide bonds. The predicted molar refractivity (Wildman–Crippen MR) is 68.7 cm³/mol. The fraction of sp³-hybridized carbons (Fsp3) is 0.417. The third-order valence-electron chi connectivity index (χ3n) is 2.27. The molecular weight excluding hydrogens is 238 g/mol. The standard InChI is InChI=1S/C12H15NO3S/c1-9(2)5-6-17-12-4-3-10(8-14)7-11(12)13(15)16/h3-4,7-9H,5-6H2,1-2H3. The lowest BCUT2D eigenvalue weighted by Crippen LogP contribution is -1.95. The molecule has 0 atom stereocenters. The molecule has 92 valence electrons. The van der Waals surface area contributed by atoms with Gasteiger partial charge in [0.2, 0.25) is 0 Å². The lowest BCUT2D eigenvalue weighted by Gasteiger charge is -2.05. The highest BCUT2D eigenvalue weighted by atomic mass is 32.2. The van der Waals surface area contributed by atoms with E-state index >= 15 is 0 Å². The summed E-state index contributed by atoms with van der Waals surface area (Å²) >= 11 is 1.47. The van der Waals surface area contributed by atoms with Gasteiger partial charge in [-0.1, -0.05) is 19.9 Å². The van der Waals surface area contributed by atoms with Crippen LogP contribution in [0.25, 0.3) is 0 Å². The SMILES string of the molecule is CC(C)CCSc1ccc(C=O)cc1[N+](=O)[O-]. The number of carbonyl (C=O) groups is 1. The quantitative estimate of drug-likeness (QED) is 0.336. The van der Waals surface area contributed by atoms with Crippen LogP contribution in [0.15, 0.2) is 23.1 Å². The molecule has 17 heavy (non-hydrogen) atoms. The summed E-state index contributed by atoms with van der Waals surface area (Å²) in [6.45, 7) is 4.23. The van der Waals surface area contributed by atoms with E-state index in [0.29, 0.717) is 22.7 Å². The molecule has 0 saturated heterocycles. The van der Waals surface area contributed by atoms with Crippen molar-refractivity contribution in [1.29, 1.82) is 0 Å². The number of nitrogens with zero attached hydrogens (tertiary/aromatic N) is 1. The molecule has 0 heterocycles. The number of nitro benzene ring substituents is 1. The number of carbonyl (C=O) groups excluding carboxylic acids is 1. The Hall–Kier alpha value is -1.36. The summed E-state index contributed by atoms with van der Waals surface area (Å²) in [5.41, 5.74) is 0.355. The first-order valence-corrected chi connectivity index (χ1v) is 6.39. The number of hydrogen-bond acceptors (Lipinski definition) is 4. The minimum atomic E-state index is -0.440. The summed E-state index contributed by atoms with van der Waals surface area (Å²) in [5, 5.41) is 10.9. The lowest BCUT2D eigenvalue weighted by molar-refractivity contribution is -0.387. The molecule has 0 unspecified atom stereocenters. The summed E-state index contributed by atoms with van der Waals surface area (Å²) in [7, 11) is 0. The first-order valence-electron chi connectivity index (χ1n) is 5.41. The van der Waals surface area contributed by atoms with E-state index in [9.17, 15) is 14.9 Å². The Labute approximate surface area is 105 Å². The van der Waals surface area contributed by atoms with E-state index in [4.69, 9.17) is 0 Å². The third-order valence-corrected chi connectivity index (χ3v) is 3.36. The molecule has 0 aromatic heterocycles. The number of hydrogen-bond donors (Lipinski definition) is 0. The zero-order chi connectivity index (χ0) is 12.8. The number of thioether (sulfide) groups is 1. The lowest BCUT2D eigenvalue weighted by atomic mass is 10.2. The van der Waals surface area contributed by atoms with Crippen molar-refractivity contribution in [2.75, 3.05) is 5.75 Å². The van der Waals surface area contributed by atoms with Gasteiger partial charge in [-0.05, 0) is 24.2 Å². The highest BCUT2D eigenvalue weighted by Gasteiger charge is 2.14. The van der Waals surface area contributed by atoms with E-state index in [1.54, 1.807) is 12.1 Å². The first kappa shape index (κ1) is 13.7. The van der Waals surface area contributed by atoms with Gasteiger partial charge in [-0.25, -0.2) is 0 Å². The van der Waals surface area contributed by atoms with Crippen molar-refractivity contribution in [2.45, 2.75) is 25.2 Å². The average Bonchev–Trinajstić information content (AvgIpc) is 2.28. The van der Waals surface area contributed by atoms with Crippen LogP contribution in [-0.4, -0.2) is 17.0 Å². The Bertz CT molecular complexity index is 418. The van der Waals surface area contributed by atoms with Gasteiger partial charge in [-0.2, -0.15) is 0 Å². The normalized spacial score (nSPS) is 10.5. The van der Waals surface area contributed by atoms with Crippen molar-refractivity contribution in [3.8, 4) is 0 Å². The summed E-state index contributed by atoms with van der Waals surface area (Å²) in [4.78, 5) is 21.6. The molecule has 1 aromatic rings. The van der Waals surface area contributed by atoms with Gasteiger partial charge in [0.25, 0.3) is 5.69 Å². The van der Waals surface area contributed by atoms with Crippen LogP contribution >= 0.6 is 11.8 Å². The van der Waals surface area contributed by atoms with Crippen molar-refractivity contribution < 1.29 is 9.72 Å². The Kier molecular flexibility index (Phi) is 5.15. The van der Waals surface area contributed by atoms with E-state index in [-0.39, 0.29) is 5.69 Å². The van der Waals surface area contributed by atoms with Crippen LogP contribution in [0.3, 0.4) is 0 Å². The first-order chi connectivity index (χ1) is 8.04. The minimum Gasteiger partial charge on any atom is -0.298 e. The molecule has 4 nitrogen and oxygen atoms in total. The molecule has 1 aromatic carbocycles. The average molecular weight is 253 g/mol. The number of aldehydes is 1. The summed E-state index contributed by atoms with van der Waals surface area (Å²) in [6.07, 6.45) is 1.63. The molecule has 0 fully saturated rings. The second-order valence-electron chi connectivity index (χ2n) is 4.13. The largest absolute Gasteiger partial charge is 0.298 e. The second kappa shape index (κ2) is 6.39. The molecule has 5 heteroatoms. The van der Waals surface area contributed by atoms with Crippen molar-refractivity contribution >= 4 is 23.7 Å². The maximum Gasteiger partial charge on any atom is 0.283 e. The molecule has 0 saturated carbocycles. The monoisotopic (exact) mass is 253 g/mol. The van der Waals surface area contributed by atoms with Crippen LogP contribution in [0, 0.1) is 16.0 Å². The van der Waals surface area contributed by atoms with E-state index in [1.165, 1.54) is 17.8 Å². The molecule has 0 aliphatic carbocycles. The molecular formula is C12H15NO3S. The zero-order valence-corrected chi connectivity index (χ0v) is 10.7. The molecule has 0 N–H and O–H groups in total. The second-order valence-corrected chi connectivity index (χ2v) is 5.27. The fourth-order valence-corrected chi connectivity index (χ4v) is 2.53. The maximum atomic E-state index is 10.9. The molecule has 0 spiro atoms. The summed E-state index contributed by atoms with van der Waals surface area (Å²) < 4.78 is 0. The van der Waals surface area contributed by atoms with Crippen molar-refractivity contribution in [1.82, 2.24) is 0 Å². The zero-order valence-electron chi connectivity index (χ0n) is 9.88. The van der Waals surface area contributed by atoms with E-state index in [0.717, 1.165) is 12.2 Å². The minimum absolute atomic E-state index is 0.0170. The van der Waals surface area contributed by atoms with Gasteiger partial charge in [0.05, 0.1) is 9.82 Å². The van der Waals surface area contributed by atoms with Gasteiger partial charge < -0.3 is 0 Å². The number of nitro groups is 1. The van der Waals surface area contributed by atoms with Crippen LogP contribution < -0.4 is 0 Å². The van der Waals surface area contributed by atoms with Gasteiger partial charge in [0.1, 0.15) is 6.29 Å². The van der Waals surface area contributed by atoms with Crippen molar-refractivity contribution in [2.24, 2.45) is 5.92 Å². The maximum absolute atomic E-state index is 10.9. The Balaban J connectivity index is 2.83. The smallest absolute Gasteiger partial charge is 0.283 e. The third kappa shape index (κ3) is 4.19. The van der Waals surface area contributed by atoms with E-state index < -0.39 is 4.92 Å². The topological polar surface area (TPSA) is 60.2 Å². The summed E-state index contributed by atoms with van der Waals surface area (Å²) in [5.74, 6) is 1.43. The number of benzene rings is 1. The van der Waals surface area contributed by atoms with Crippen molar-refractivity contribution in [3.63, 3.8) is 0 Å². The van der Waals surface area contributed by atoms with Gasteiger partial charge in [-0.3, -0.25) is 14.9 Å². The van der Waals surface area contributed by atoms with Gasteiger partial charge in [-0.15, -0.1) is 11.8 Å². The van der Waals surface area contributed by atoms with Gasteiger partial charge in [0, 0.05) is 11.6 Å². The Morgan fingerprint density at radius 3 is 2.71 bits per heavy atom. The Morgan fingerprint density at radius 1 is 1.47 bits per heavy atom. The Morgan fingerprint density at radius 2 is 2.18 bits per heavy atom. The molecule has 0 radical (unpaired) electrons. The highest BCUT2D eigenvalue weighted by molar-refractivity contribution is 7.99. The number of rotatable bonds is 6. The van der Waals surface area contributed by atoms with Crippen LogP contribution in [0.2, 0.25) is 0 Å². The van der Waals surface area contributed by atoms with Crippen LogP contribution in [0.5, 0.6) is 0 Å². The van der Waals surface area contributed by atoms with Crippen molar-refractivity contribution in [3.05, 3.63) is 33.9 Å². The van der Waals surface area contributed by atoms with Crippen LogP contribution in [-0.2, 0) is 0 Å². The molecule has 1 rings (SSSR count). The van der Waals surface area contributed by atoms with Crippen LogP contribution in [0.1, 0.15) is 30.6 Å². The van der Waals surface area contributed by atoms with Crippen LogP contribution in [0.4, 0.5) is 5.69 Å². The van der Waals surface area contributed by atoms with Gasteiger partial charge in [0.15, 0.2) is 0 Å². The molecule has 0 bridgehead atoms. The summed E-state index contributed by atoms with van der Waals surface area (Å²) in [6, 6.07) is 4.58. The highest BCUT2D eigenvalue weighted by Crippen LogP contribution is 2.30. The van der Waals surface area contributed by atoms with E-state index in [2.05, 4.69) is 13.8 Å². The fourth-order valence-electron chi connectivity index (χ4n) is 1.28. The predicted octanol–water partition coefficient (Wildman–Crippen LogP) is 3.55.